The van der Waals surface area contributed by atoms with Gasteiger partial charge in [0, 0.05) is 60.8 Å². The number of fused-ring (bicyclic) bond motifs is 2. The maximum absolute atomic E-state index is 12.7. The van der Waals surface area contributed by atoms with Crippen LogP contribution in [0.2, 0.25) is 0 Å². The Morgan fingerprint density at radius 2 is 2.18 bits per heavy atom. The number of hydrogen-bond donors (Lipinski definition) is 2. The van der Waals surface area contributed by atoms with Crippen LogP contribution in [0, 0.1) is 0 Å². The number of nitrogens with one attached hydrogen (secondary N) is 2. The van der Waals surface area contributed by atoms with Gasteiger partial charge in [-0.3, -0.25) is 14.6 Å². The van der Waals surface area contributed by atoms with E-state index in [4.69, 9.17) is 0 Å². The van der Waals surface area contributed by atoms with Crippen LogP contribution in [0.25, 0.3) is 17.0 Å². The van der Waals surface area contributed by atoms with E-state index >= 15 is 0 Å². The van der Waals surface area contributed by atoms with Crippen molar-refractivity contribution in [3.63, 3.8) is 0 Å². The fourth-order valence-corrected chi connectivity index (χ4v) is 3.38. The van der Waals surface area contributed by atoms with Crippen molar-refractivity contribution in [3.8, 4) is 0 Å². The lowest BCUT2D eigenvalue weighted by Crippen LogP contribution is -2.27. The van der Waals surface area contributed by atoms with Crippen LogP contribution in [0.5, 0.6) is 0 Å². The first-order chi connectivity index (χ1) is 13.5. The Morgan fingerprint density at radius 1 is 1.32 bits per heavy atom. The average molecular weight is 375 g/mol. The zero-order chi connectivity index (χ0) is 19.7. The fraction of sp³-hybridized carbons (Fsp3) is 0.238. The van der Waals surface area contributed by atoms with Crippen LogP contribution in [0.4, 0.5) is 5.82 Å². The number of nitrogens with zero attached hydrogens (tertiary/aromatic N) is 3. The SMILES string of the molecule is CC(c1c[nH]c2ccncc12)N(C)C(=O)/C=C/c1cnc2c(c1)CCC(=O)N2. The standard InChI is InChI=1S/C21H21N5O2/c1-13(16-12-23-18-7-8-22-11-17(16)18)26(2)20(28)6-3-14-9-15-4-5-19(27)25-21(15)24-10-14/h3,6-13,23H,4-5H2,1-2H3,(H,24,25,27)/b6-3+. The molecule has 4 heterocycles. The molecular weight excluding hydrogens is 354 g/mol. The highest BCUT2D eigenvalue weighted by atomic mass is 16.2. The van der Waals surface area contributed by atoms with Gasteiger partial charge in [0.15, 0.2) is 0 Å². The third-order valence-electron chi connectivity index (χ3n) is 5.18. The molecule has 28 heavy (non-hydrogen) atoms. The molecule has 1 aliphatic heterocycles. The molecule has 142 valence electrons. The van der Waals surface area contributed by atoms with E-state index in [9.17, 15) is 9.59 Å². The number of aromatic nitrogens is 3. The molecule has 2 amide bonds. The van der Waals surface area contributed by atoms with E-state index in [1.54, 1.807) is 36.5 Å². The summed E-state index contributed by atoms with van der Waals surface area (Å²) in [5, 5.41) is 3.77. The Kier molecular flexibility index (Phi) is 4.65. The van der Waals surface area contributed by atoms with E-state index < -0.39 is 0 Å². The minimum Gasteiger partial charge on any atom is -0.361 e. The molecule has 0 bridgehead atoms. The van der Waals surface area contributed by atoms with Gasteiger partial charge in [-0.05, 0) is 42.7 Å². The fourth-order valence-electron chi connectivity index (χ4n) is 3.38. The third-order valence-corrected chi connectivity index (χ3v) is 5.18. The monoisotopic (exact) mass is 375 g/mol. The normalized spacial score (nSPS) is 14.7. The van der Waals surface area contributed by atoms with Crippen LogP contribution in [-0.2, 0) is 16.0 Å². The quantitative estimate of drug-likeness (QED) is 0.686. The zero-order valence-corrected chi connectivity index (χ0v) is 15.8. The highest BCUT2D eigenvalue weighted by Crippen LogP contribution is 2.27. The van der Waals surface area contributed by atoms with E-state index in [0.717, 1.165) is 27.6 Å². The number of aromatic amines is 1. The maximum atomic E-state index is 12.7. The molecule has 0 fully saturated rings. The van der Waals surface area contributed by atoms with Crippen LogP contribution >= 0.6 is 0 Å². The van der Waals surface area contributed by atoms with Gasteiger partial charge in [0.05, 0.1) is 6.04 Å². The van der Waals surface area contributed by atoms with Gasteiger partial charge in [-0.25, -0.2) is 4.98 Å². The highest BCUT2D eigenvalue weighted by molar-refractivity contribution is 5.94. The van der Waals surface area contributed by atoms with Gasteiger partial charge in [0.25, 0.3) is 0 Å². The topological polar surface area (TPSA) is 91.0 Å². The molecule has 1 aliphatic rings. The number of rotatable bonds is 4. The number of H-pyrrole nitrogens is 1. The van der Waals surface area contributed by atoms with E-state index in [1.807, 2.05) is 31.5 Å². The van der Waals surface area contributed by atoms with E-state index in [-0.39, 0.29) is 17.9 Å². The van der Waals surface area contributed by atoms with E-state index in [1.165, 1.54) is 0 Å². The smallest absolute Gasteiger partial charge is 0.246 e. The van der Waals surface area contributed by atoms with Crippen molar-refractivity contribution in [2.45, 2.75) is 25.8 Å². The Balaban J connectivity index is 1.49. The lowest BCUT2D eigenvalue weighted by atomic mass is 10.0. The van der Waals surface area contributed by atoms with Crippen LogP contribution in [0.3, 0.4) is 0 Å². The molecule has 2 N–H and O–H groups in total. The van der Waals surface area contributed by atoms with Crippen molar-refractivity contribution in [1.29, 1.82) is 0 Å². The van der Waals surface area contributed by atoms with E-state index in [2.05, 4.69) is 20.3 Å². The number of hydrogen-bond acceptors (Lipinski definition) is 4. The number of carbonyl (C=O) groups excluding carboxylic acids is 2. The van der Waals surface area contributed by atoms with Crippen molar-refractivity contribution >= 4 is 34.6 Å². The van der Waals surface area contributed by atoms with Gasteiger partial charge in [0.2, 0.25) is 11.8 Å². The van der Waals surface area contributed by atoms with Gasteiger partial charge in [-0.15, -0.1) is 0 Å². The second-order valence-electron chi connectivity index (χ2n) is 6.95. The van der Waals surface area contributed by atoms with Gasteiger partial charge in [0.1, 0.15) is 5.82 Å². The van der Waals surface area contributed by atoms with Crippen molar-refractivity contribution < 1.29 is 9.59 Å². The maximum Gasteiger partial charge on any atom is 0.246 e. The van der Waals surface area contributed by atoms with Gasteiger partial charge < -0.3 is 15.2 Å². The summed E-state index contributed by atoms with van der Waals surface area (Å²) in [6, 6.07) is 3.77. The van der Waals surface area contributed by atoms with Crippen molar-refractivity contribution in [3.05, 3.63) is 59.7 Å². The Labute approximate surface area is 162 Å². The molecular formula is C21H21N5O2. The summed E-state index contributed by atoms with van der Waals surface area (Å²) in [4.78, 5) is 37.5. The van der Waals surface area contributed by atoms with Crippen LogP contribution < -0.4 is 5.32 Å². The number of anilines is 1. The molecule has 1 unspecified atom stereocenters. The Bertz CT molecular complexity index is 1090. The summed E-state index contributed by atoms with van der Waals surface area (Å²) in [6.45, 7) is 1.99. The van der Waals surface area contributed by atoms with Gasteiger partial charge in [-0.2, -0.15) is 0 Å². The van der Waals surface area contributed by atoms with Crippen molar-refractivity contribution in [2.75, 3.05) is 12.4 Å². The second kappa shape index (κ2) is 7.26. The molecule has 0 saturated heterocycles. The molecule has 3 aromatic rings. The molecule has 7 nitrogen and oxygen atoms in total. The number of amides is 2. The van der Waals surface area contributed by atoms with Crippen LogP contribution in [0.1, 0.15) is 36.1 Å². The summed E-state index contributed by atoms with van der Waals surface area (Å²) >= 11 is 0. The summed E-state index contributed by atoms with van der Waals surface area (Å²) < 4.78 is 0. The first-order valence-electron chi connectivity index (χ1n) is 9.17. The first-order valence-corrected chi connectivity index (χ1v) is 9.17. The minimum atomic E-state index is -0.105. The molecule has 4 rings (SSSR count). The summed E-state index contributed by atoms with van der Waals surface area (Å²) in [5.74, 6) is 0.497. The number of aryl methyl sites for hydroxylation is 1. The zero-order valence-electron chi connectivity index (χ0n) is 15.8. The van der Waals surface area contributed by atoms with Crippen LogP contribution in [0.15, 0.2) is 43.0 Å². The third kappa shape index (κ3) is 3.38. The Morgan fingerprint density at radius 3 is 3.04 bits per heavy atom. The molecule has 0 aromatic carbocycles. The number of pyridine rings is 2. The van der Waals surface area contributed by atoms with Crippen LogP contribution in [-0.4, -0.2) is 38.7 Å². The molecule has 0 spiro atoms. The molecule has 3 aromatic heterocycles. The summed E-state index contributed by atoms with van der Waals surface area (Å²) in [5.41, 5.74) is 3.85. The van der Waals surface area contributed by atoms with E-state index in [0.29, 0.717) is 18.7 Å². The number of likely N-dealkylation sites (N-methyl/N-ethyl adjacent to an activating group) is 1. The summed E-state index contributed by atoms with van der Waals surface area (Å²) in [7, 11) is 1.78. The van der Waals surface area contributed by atoms with Crippen molar-refractivity contribution in [1.82, 2.24) is 19.9 Å². The largest absolute Gasteiger partial charge is 0.361 e. The second-order valence-corrected chi connectivity index (χ2v) is 6.95. The van der Waals surface area contributed by atoms with Gasteiger partial charge >= 0.3 is 0 Å². The average Bonchev–Trinajstić information content (AvgIpc) is 3.15. The lowest BCUT2D eigenvalue weighted by Gasteiger charge is -2.23. The summed E-state index contributed by atoms with van der Waals surface area (Å²) in [6.07, 6.45) is 11.6. The first kappa shape index (κ1) is 17.9. The van der Waals surface area contributed by atoms with Gasteiger partial charge in [-0.1, -0.05) is 0 Å². The predicted octanol–water partition coefficient (Wildman–Crippen LogP) is 3.08. The Hall–Kier alpha value is -3.48. The molecule has 7 heteroatoms. The molecule has 0 radical (unpaired) electrons. The predicted molar refractivity (Wildman–Crippen MR) is 108 cm³/mol. The molecule has 0 saturated carbocycles. The minimum absolute atomic E-state index is 0.0124. The lowest BCUT2D eigenvalue weighted by molar-refractivity contribution is -0.126. The number of carbonyl (C=O) groups is 2. The van der Waals surface area contributed by atoms with Crippen molar-refractivity contribution in [2.24, 2.45) is 0 Å². The molecule has 0 aliphatic carbocycles. The highest BCUT2D eigenvalue weighted by Gasteiger charge is 2.19. The molecule has 1 atom stereocenters.